The molecule has 0 aliphatic carbocycles. The van der Waals surface area contributed by atoms with Crippen LogP contribution in [-0.2, 0) is 27.0 Å². The van der Waals surface area contributed by atoms with Gasteiger partial charge in [0.2, 0.25) is 15.9 Å². The summed E-state index contributed by atoms with van der Waals surface area (Å²) >= 11 is 6.00. The number of halogens is 2. The van der Waals surface area contributed by atoms with Crippen LogP contribution in [0.2, 0.25) is 5.15 Å². The second-order valence-electron chi connectivity index (χ2n) is 7.52. The van der Waals surface area contributed by atoms with Gasteiger partial charge < -0.3 is 10.0 Å². The standard InChI is InChI=1S/C21H23ClFN3O5S/c1-2-15-16(21(28)29)18(22)24-19(17(15)23)26-10-8-14(9-11-26)20(27)25-32(30,31)12-13-6-4-3-5-7-13/h3-7,14H,2,8-12H2,1H3,(H,25,27)(H,28,29). The molecular weight excluding hydrogens is 461 g/mol. The lowest BCUT2D eigenvalue weighted by molar-refractivity contribution is -0.123. The molecule has 32 heavy (non-hydrogen) atoms. The molecule has 1 aromatic heterocycles. The topological polar surface area (TPSA) is 117 Å². The molecule has 3 rings (SSSR count). The molecule has 0 saturated carbocycles. The zero-order valence-electron chi connectivity index (χ0n) is 17.3. The second-order valence-corrected chi connectivity index (χ2v) is 9.61. The first-order chi connectivity index (χ1) is 15.1. The number of carboxylic acid groups (broad SMARTS) is 1. The molecule has 1 aromatic carbocycles. The number of benzene rings is 1. The van der Waals surface area contributed by atoms with Gasteiger partial charge in [-0.1, -0.05) is 48.9 Å². The zero-order valence-corrected chi connectivity index (χ0v) is 18.9. The van der Waals surface area contributed by atoms with Gasteiger partial charge in [-0.05, 0) is 24.8 Å². The van der Waals surface area contributed by atoms with E-state index in [1.54, 1.807) is 42.2 Å². The maximum Gasteiger partial charge on any atom is 0.339 e. The van der Waals surface area contributed by atoms with Crippen LogP contribution in [0.25, 0.3) is 0 Å². The van der Waals surface area contributed by atoms with E-state index >= 15 is 0 Å². The number of aromatic carboxylic acids is 1. The minimum atomic E-state index is -3.84. The average Bonchev–Trinajstić information content (AvgIpc) is 2.74. The predicted molar refractivity (Wildman–Crippen MR) is 118 cm³/mol. The van der Waals surface area contributed by atoms with Crippen molar-refractivity contribution in [3.05, 3.63) is 58.0 Å². The van der Waals surface area contributed by atoms with Gasteiger partial charge in [0.15, 0.2) is 11.6 Å². The van der Waals surface area contributed by atoms with E-state index < -0.39 is 33.6 Å². The number of carboxylic acids is 1. The van der Waals surface area contributed by atoms with Crippen molar-refractivity contribution >= 4 is 39.3 Å². The number of carbonyl (C=O) groups excluding carboxylic acids is 1. The number of carbonyl (C=O) groups is 2. The molecule has 1 aliphatic rings. The van der Waals surface area contributed by atoms with E-state index in [2.05, 4.69) is 9.71 Å². The van der Waals surface area contributed by atoms with Gasteiger partial charge in [0.1, 0.15) is 10.7 Å². The molecule has 1 fully saturated rings. The molecule has 0 spiro atoms. The molecule has 1 amide bonds. The molecule has 2 heterocycles. The van der Waals surface area contributed by atoms with Crippen molar-refractivity contribution in [2.75, 3.05) is 18.0 Å². The lowest BCUT2D eigenvalue weighted by Gasteiger charge is -2.32. The summed E-state index contributed by atoms with van der Waals surface area (Å²) < 4.78 is 41.7. The van der Waals surface area contributed by atoms with Crippen molar-refractivity contribution in [2.24, 2.45) is 5.92 Å². The summed E-state index contributed by atoms with van der Waals surface area (Å²) in [6.07, 6.45) is 0.696. The summed E-state index contributed by atoms with van der Waals surface area (Å²) in [7, 11) is -3.84. The van der Waals surface area contributed by atoms with Crippen LogP contribution in [0, 0.1) is 11.7 Å². The number of nitrogens with zero attached hydrogens (tertiary/aromatic N) is 2. The Bertz CT molecular complexity index is 1120. The van der Waals surface area contributed by atoms with Crippen molar-refractivity contribution in [1.29, 1.82) is 0 Å². The van der Waals surface area contributed by atoms with Crippen molar-refractivity contribution < 1.29 is 27.5 Å². The van der Waals surface area contributed by atoms with Crippen molar-refractivity contribution in [3.63, 3.8) is 0 Å². The number of hydrogen-bond donors (Lipinski definition) is 2. The van der Waals surface area contributed by atoms with E-state index in [1.165, 1.54) is 0 Å². The van der Waals surface area contributed by atoms with Crippen molar-refractivity contribution in [3.8, 4) is 0 Å². The van der Waals surface area contributed by atoms with Crippen LogP contribution in [0.1, 0.15) is 41.3 Å². The summed E-state index contributed by atoms with van der Waals surface area (Å²) in [5, 5.41) is 8.99. The monoisotopic (exact) mass is 483 g/mol. The zero-order chi connectivity index (χ0) is 23.5. The number of aromatic nitrogens is 1. The lowest BCUT2D eigenvalue weighted by Crippen LogP contribution is -2.43. The summed E-state index contributed by atoms with van der Waals surface area (Å²) in [5.74, 6) is -3.62. The average molecular weight is 484 g/mol. The van der Waals surface area contributed by atoms with Crippen LogP contribution in [-0.4, -0.2) is 43.5 Å². The predicted octanol–water partition coefficient (Wildman–Crippen LogP) is 3.00. The molecule has 8 nitrogen and oxygen atoms in total. The first-order valence-corrected chi connectivity index (χ1v) is 12.1. The van der Waals surface area contributed by atoms with Gasteiger partial charge in [-0.25, -0.2) is 22.6 Å². The van der Waals surface area contributed by atoms with Gasteiger partial charge in [-0.2, -0.15) is 0 Å². The van der Waals surface area contributed by atoms with Crippen LogP contribution in [0.4, 0.5) is 10.2 Å². The summed E-state index contributed by atoms with van der Waals surface area (Å²) in [4.78, 5) is 29.4. The third kappa shape index (κ3) is 5.36. The molecule has 1 aliphatic heterocycles. The van der Waals surface area contributed by atoms with E-state index in [4.69, 9.17) is 11.6 Å². The smallest absolute Gasteiger partial charge is 0.339 e. The van der Waals surface area contributed by atoms with Crippen molar-refractivity contribution in [2.45, 2.75) is 31.9 Å². The van der Waals surface area contributed by atoms with Gasteiger partial charge in [-0.3, -0.25) is 9.52 Å². The Morgan fingerprint density at radius 1 is 1.25 bits per heavy atom. The number of anilines is 1. The Kier molecular flexibility index (Phi) is 7.35. The molecule has 2 aromatic rings. The first kappa shape index (κ1) is 23.9. The quantitative estimate of drug-likeness (QED) is 0.581. The summed E-state index contributed by atoms with van der Waals surface area (Å²) in [6, 6.07) is 8.53. The van der Waals surface area contributed by atoms with Crippen LogP contribution < -0.4 is 9.62 Å². The Balaban J connectivity index is 1.67. The summed E-state index contributed by atoms with van der Waals surface area (Å²) in [5.41, 5.74) is 0.185. The number of piperidine rings is 1. The van der Waals surface area contributed by atoms with Gasteiger partial charge in [0, 0.05) is 24.6 Å². The van der Waals surface area contributed by atoms with Gasteiger partial charge >= 0.3 is 5.97 Å². The minimum Gasteiger partial charge on any atom is -0.478 e. The number of nitrogens with one attached hydrogen (secondary N) is 1. The highest BCUT2D eigenvalue weighted by molar-refractivity contribution is 7.89. The largest absolute Gasteiger partial charge is 0.478 e. The molecule has 0 atom stereocenters. The van der Waals surface area contributed by atoms with E-state index in [0.717, 1.165) is 0 Å². The molecule has 172 valence electrons. The first-order valence-electron chi connectivity index (χ1n) is 10.1. The summed E-state index contributed by atoms with van der Waals surface area (Å²) in [6.45, 7) is 2.11. The van der Waals surface area contributed by atoms with Crippen LogP contribution in [0.5, 0.6) is 0 Å². The maximum absolute atomic E-state index is 15.0. The molecule has 11 heteroatoms. The number of amides is 1. The number of rotatable bonds is 7. The highest BCUT2D eigenvalue weighted by Crippen LogP contribution is 2.31. The molecule has 2 N–H and O–H groups in total. The highest BCUT2D eigenvalue weighted by Gasteiger charge is 2.31. The van der Waals surface area contributed by atoms with E-state index in [1.807, 2.05) is 0 Å². The van der Waals surface area contributed by atoms with E-state index in [-0.39, 0.29) is 60.2 Å². The van der Waals surface area contributed by atoms with Crippen LogP contribution >= 0.6 is 11.6 Å². The fourth-order valence-corrected chi connectivity index (χ4v) is 5.20. The highest BCUT2D eigenvalue weighted by atomic mass is 35.5. The second kappa shape index (κ2) is 9.83. The Morgan fingerprint density at radius 2 is 1.88 bits per heavy atom. The fourth-order valence-electron chi connectivity index (χ4n) is 3.75. The van der Waals surface area contributed by atoms with Gasteiger partial charge in [0.25, 0.3) is 0 Å². The van der Waals surface area contributed by atoms with E-state index in [0.29, 0.717) is 5.56 Å². The molecule has 0 bridgehead atoms. The number of sulfonamides is 1. The fraction of sp³-hybridized carbons (Fsp3) is 0.381. The van der Waals surface area contributed by atoms with E-state index in [9.17, 15) is 27.5 Å². The lowest BCUT2D eigenvalue weighted by atomic mass is 9.96. The van der Waals surface area contributed by atoms with Gasteiger partial charge in [0.05, 0.1) is 5.75 Å². The maximum atomic E-state index is 15.0. The molecule has 1 saturated heterocycles. The van der Waals surface area contributed by atoms with Crippen molar-refractivity contribution in [1.82, 2.24) is 9.71 Å². The Labute approximate surface area is 190 Å². The van der Waals surface area contributed by atoms with Crippen LogP contribution in [0.15, 0.2) is 30.3 Å². The molecule has 0 radical (unpaired) electrons. The third-order valence-electron chi connectivity index (χ3n) is 5.36. The minimum absolute atomic E-state index is 0.0284. The Morgan fingerprint density at radius 3 is 2.44 bits per heavy atom. The third-order valence-corrected chi connectivity index (χ3v) is 6.86. The Hall–Kier alpha value is -2.72. The SMILES string of the molecule is CCc1c(F)c(N2CCC(C(=O)NS(=O)(=O)Cc3ccccc3)CC2)nc(Cl)c1C(=O)O. The number of pyridine rings is 1. The van der Waals surface area contributed by atoms with Crippen LogP contribution in [0.3, 0.4) is 0 Å². The molecule has 0 unspecified atom stereocenters. The number of hydrogen-bond acceptors (Lipinski definition) is 6. The van der Waals surface area contributed by atoms with Gasteiger partial charge in [-0.15, -0.1) is 0 Å². The molecular formula is C21H23ClFN3O5S. The normalized spacial score (nSPS) is 14.9.